The minimum absolute atomic E-state index is 0.0304. The summed E-state index contributed by atoms with van der Waals surface area (Å²) >= 11 is 0. The van der Waals surface area contributed by atoms with Crippen LogP contribution in [0.4, 0.5) is 0 Å². The molecule has 130 valence electrons. The van der Waals surface area contributed by atoms with E-state index in [0.717, 1.165) is 31.2 Å². The Morgan fingerprint density at radius 3 is 2.62 bits per heavy atom. The van der Waals surface area contributed by atoms with E-state index in [9.17, 15) is 18.8 Å². The zero-order chi connectivity index (χ0) is 17.4. The van der Waals surface area contributed by atoms with Crippen molar-refractivity contribution in [1.82, 2.24) is 9.62 Å². The van der Waals surface area contributed by atoms with Gasteiger partial charge in [0.2, 0.25) is 10.0 Å². The third kappa shape index (κ3) is 2.95. The Hall–Kier alpha value is -1.46. The van der Waals surface area contributed by atoms with Gasteiger partial charge in [-0.15, -0.1) is 0 Å². The summed E-state index contributed by atoms with van der Waals surface area (Å²) in [5.74, 6) is 0. The Bertz CT molecular complexity index is 741. The van der Waals surface area contributed by atoms with Gasteiger partial charge in [-0.25, -0.2) is 8.42 Å². The van der Waals surface area contributed by atoms with Crippen molar-refractivity contribution in [2.75, 3.05) is 13.2 Å². The minimum atomic E-state index is -3.71. The van der Waals surface area contributed by atoms with E-state index < -0.39 is 22.2 Å². The van der Waals surface area contributed by atoms with Crippen molar-refractivity contribution in [3.05, 3.63) is 29.8 Å². The van der Waals surface area contributed by atoms with Gasteiger partial charge in [-0.05, 0) is 31.9 Å². The number of nitrogens with zero attached hydrogens (tertiary/aromatic N) is 2. The second-order valence-electron chi connectivity index (χ2n) is 6.82. The van der Waals surface area contributed by atoms with Gasteiger partial charge in [0.1, 0.15) is 5.54 Å². The van der Waals surface area contributed by atoms with Crippen molar-refractivity contribution in [1.29, 1.82) is 5.26 Å². The highest BCUT2D eigenvalue weighted by Crippen LogP contribution is 2.34. The monoisotopic (exact) mass is 349 g/mol. The smallest absolute Gasteiger partial charge is 0.243 e. The predicted octanol–water partition coefficient (Wildman–Crippen LogP) is 1.15. The lowest BCUT2D eigenvalue weighted by Gasteiger charge is -2.49. The number of aliphatic hydroxyl groups is 1. The summed E-state index contributed by atoms with van der Waals surface area (Å²) < 4.78 is 27.8. The maximum Gasteiger partial charge on any atom is 0.243 e. The molecule has 0 radical (unpaired) electrons. The van der Waals surface area contributed by atoms with Gasteiger partial charge >= 0.3 is 0 Å². The molecule has 1 saturated carbocycles. The first kappa shape index (κ1) is 17.4. The molecule has 1 unspecified atom stereocenters. The van der Waals surface area contributed by atoms with Gasteiger partial charge in [0, 0.05) is 18.6 Å². The van der Waals surface area contributed by atoms with Crippen molar-refractivity contribution in [2.24, 2.45) is 0 Å². The molecule has 24 heavy (non-hydrogen) atoms. The van der Waals surface area contributed by atoms with Crippen molar-refractivity contribution in [3.8, 4) is 6.07 Å². The molecule has 7 heteroatoms. The molecule has 1 aliphatic carbocycles. The SMILES string of the molecule is Cc1ccc(S(=O)(=O)N2CC(C#N)(CO)N[C@H]3CCCC[C@@H]32)cc1. The molecule has 2 N–H and O–H groups in total. The molecule has 2 aliphatic rings. The van der Waals surface area contributed by atoms with Gasteiger partial charge in [0.25, 0.3) is 0 Å². The average Bonchev–Trinajstić information content (AvgIpc) is 2.61. The number of benzene rings is 1. The summed E-state index contributed by atoms with van der Waals surface area (Å²) in [5, 5.41) is 22.5. The van der Waals surface area contributed by atoms with Crippen LogP contribution in [0, 0.1) is 18.3 Å². The molecule has 1 saturated heterocycles. The fourth-order valence-corrected chi connectivity index (χ4v) is 5.47. The van der Waals surface area contributed by atoms with E-state index in [4.69, 9.17) is 0 Å². The Balaban J connectivity index is 2.02. The Kier molecular flexibility index (Phi) is 4.67. The van der Waals surface area contributed by atoms with Gasteiger partial charge in [0.05, 0.1) is 17.6 Å². The molecule has 1 aliphatic heterocycles. The van der Waals surface area contributed by atoms with E-state index in [1.165, 1.54) is 4.31 Å². The van der Waals surface area contributed by atoms with E-state index in [0.29, 0.717) is 0 Å². The average molecular weight is 349 g/mol. The van der Waals surface area contributed by atoms with Crippen LogP contribution in [0.1, 0.15) is 31.2 Å². The van der Waals surface area contributed by atoms with Gasteiger partial charge < -0.3 is 5.11 Å². The van der Waals surface area contributed by atoms with Crippen molar-refractivity contribution < 1.29 is 13.5 Å². The van der Waals surface area contributed by atoms with Crippen molar-refractivity contribution in [2.45, 2.75) is 55.1 Å². The molecule has 1 aromatic rings. The topological polar surface area (TPSA) is 93.4 Å². The fourth-order valence-electron chi connectivity index (χ4n) is 3.72. The van der Waals surface area contributed by atoms with Crippen LogP contribution < -0.4 is 5.32 Å². The molecule has 0 aromatic heterocycles. The van der Waals surface area contributed by atoms with Gasteiger partial charge in [0.15, 0.2) is 0 Å². The summed E-state index contributed by atoms with van der Waals surface area (Å²) in [6, 6.07) is 8.60. The highest BCUT2D eigenvalue weighted by Gasteiger charge is 2.49. The minimum Gasteiger partial charge on any atom is -0.393 e. The molecular weight excluding hydrogens is 326 g/mol. The van der Waals surface area contributed by atoms with E-state index in [1.54, 1.807) is 24.3 Å². The van der Waals surface area contributed by atoms with E-state index in [1.807, 2.05) is 6.92 Å². The third-order valence-corrected chi connectivity index (χ3v) is 6.98. The van der Waals surface area contributed by atoms with Crippen molar-refractivity contribution in [3.63, 3.8) is 0 Å². The highest BCUT2D eigenvalue weighted by molar-refractivity contribution is 7.89. The quantitative estimate of drug-likeness (QED) is 0.854. The number of nitrogens with one attached hydrogen (secondary N) is 1. The summed E-state index contributed by atoms with van der Waals surface area (Å²) in [6.45, 7) is 1.47. The third-order valence-electron chi connectivity index (χ3n) is 5.10. The second kappa shape index (κ2) is 6.45. The molecule has 0 bridgehead atoms. The zero-order valence-electron chi connectivity index (χ0n) is 13.8. The highest BCUT2D eigenvalue weighted by atomic mass is 32.2. The number of rotatable bonds is 3. The van der Waals surface area contributed by atoms with Crippen LogP contribution in [-0.4, -0.2) is 48.6 Å². The molecule has 3 rings (SSSR count). The lowest BCUT2D eigenvalue weighted by Crippen LogP contribution is -2.71. The molecule has 0 amide bonds. The first-order valence-corrected chi connectivity index (χ1v) is 9.74. The molecule has 6 nitrogen and oxygen atoms in total. The number of aryl methyl sites for hydroxylation is 1. The van der Waals surface area contributed by atoms with E-state index >= 15 is 0 Å². The van der Waals surface area contributed by atoms with Crippen LogP contribution in [0.5, 0.6) is 0 Å². The van der Waals surface area contributed by atoms with Crippen LogP contribution in [-0.2, 0) is 10.0 Å². The normalized spacial score (nSPS) is 31.2. The Labute approximate surface area is 143 Å². The lowest BCUT2D eigenvalue weighted by atomic mass is 9.84. The van der Waals surface area contributed by atoms with Gasteiger partial charge in [-0.1, -0.05) is 30.5 Å². The summed E-state index contributed by atoms with van der Waals surface area (Å²) in [7, 11) is -3.71. The second-order valence-corrected chi connectivity index (χ2v) is 8.71. The molecule has 2 fully saturated rings. The first-order chi connectivity index (χ1) is 11.4. The largest absolute Gasteiger partial charge is 0.393 e. The number of nitriles is 1. The zero-order valence-corrected chi connectivity index (χ0v) is 14.6. The number of hydrogen-bond acceptors (Lipinski definition) is 5. The van der Waals surface area contributed by atoms with Crippen LogP contribution in [0.25, 0.3) is 0 Å². The van der Waals surface area contributed by atoms with E-state index in [-0.39, 0.29) is 23.5 Å². The van der Waals surface area contributed by atoms with Crippen LogP contribution in [0.2, 0.25) is 0 Å². The van der Waals surface area contributed by atoms with Crippen molar-refractivity contribution >= 4 is 10.0 Å². The molecule has 3 atom stereocenters. The molecule has 1 aromatic carbocycles. The summed E-state index contributed by atoms with van der Waals surface area (Å²) in [4.78, 5) is 0.240. The first-order valence-electron chi connectivity index (χ1n) is 8.30. The maximum atomic E-state index is 13.2. The summed E-state index contributed by atoms with van der Waals surface area (Å²) in [5.41, 5.74) is -0.248. The number of sulfonamides is 1. The number of aliphatic hydroxyl groups excluding tert-OH is 1. The number of hydrogen-bond donors (Lipinski definition) is 2. The van der Waals surface area contributed by atoms with E-state index in [2.05, 4.69) is 11.4 Å². The van der Waals surface area contributed by atoms with Crippen LogP contribution >= 0.6 is 0 Å². The number of piperazine rings is 1. The molecule has 1 heterocycles. The standard InChI is InChI=1S/C17H23N3O3S/c1-13-6-8-14(9-7-13)24(22,23)20-11-17(10-18,12-21)19-15-4-2-3-5-16(15)20/h6-9,15-16,19,21H,2-5,11-12H2,1H3/t15-,16-,17?/m0/s1. The maximum absolute atomic E-state index is 13.2. The van der Waals surface area contributed by atoms with Crippen LogP contribution in [0.15, 0.2) is 29.2 Å². The Morgan fingerprint density at radius 2 is 2.00 bits per heavy atom. The number of fused-ring (bicyclic) bond motifs is 1. The Morgan fingerprint density at radius 1 is 1.33 bits per heavy atom. The lowest BCUT2D eigenvalue weighted by molar-refractivity contribution is 0.0679. The van der Waals surface area contributed by atoms with Gasteiger partial charge in [-0.3, -0.25) is 5.32 Å². The van der Waals surface area contributed by atoms with Crippen LogP contribution in [0.3, 0.4) is 0 Å². The van der Waals surface area contributed by atoms with Gasteiger partial charge in [-0.2, -0.15) is 9.57 Å². The predicted molar refractivity (Wildman–Crippen MR) is 89.7 cm³/mol. The summed E-state index contributed by atoms with van der Waals surface area (Å²) in [6.07, 6.45) is 3.56. The molecular formula is C17H23N3O3S. The fraction of sp³-hybridized carbons (Fsp3) is 0.588. The molecule has 0 spiro atoms.